The van der Waals surface area contributed by atoms with Gasteiger partial charge in [0.15, 0.2) is 0 Å². The normalized spacial score (nSPS) is 10.7. The molecule has 0 bridgehead atoms. The van der Waals surface area contributed by atoms with E-state index in [4.69, 9.17) is 4.74 Å². The molecular weight excluding hydrogens is 300 g/mol. The molecular formula is C19H16N4O. The molecule has 0 spiro atoms. The van der Waals surface area contributed by atoms with E-state index in [1.165, 1.54) is 0 Å². The van der Waals surface area contributed by atoms with Gasteiger partial charge in [0.25, 0.3) is 0 Å². The monoisotopic (exact) mass is 316 g/mol. The lowest BCUT2D eigenvalue weighted by Crippen LogP contribution is -2.02. The second kappa shape index (κ2) is 6.42. The highest BCUT2D eigenvalue weighted by Gasteiger charge is 2.06. The summed E-state index contributed by atoms with van der Waals surface area (Å²) in [5, 5.41) is 3.31. The second-order valence-electron chi connectivity index (χ2n) is 5.33. The molecule has 2 aromatic carbocycles. The van der Waals surface area contributed by atoms with Crippen LogP contribution in [0, 0.1) is 0 Å². The standard InChI is InChI=1S/C19H16N4O/c1-4-10-17(24-18-11-5-6-12-20-18)14(7-1)13-21-19-22-15-8-2-3-9-16(15)23-19/h1-12H,13H2,(H2,21,22,23). The van der Waals surface area contributed by atoms with Crippen molar-refractivity contribution in [3.63, 3.8) is 0 Å². The quantitative estimate of drug-likeness (QED) is 0.574. The molecule has 4 aromatic rings. The van der Waals surface area contributed by atoms with Gasteiger partial charge in [0, 0.05) is 24.4 Å². The van der Waals surface area contributed by atoms with Gasteiger partial charge in [-0.2, -0.15) is 0 Å². The lowest BCUT2D eigenvalue weighted by molar-refractivity contribution is 0.458. The minimum Gasteiger partial charge on any atom is -0.439 e. The SMILES string of the molecule is c1ccc(Oc2ccccc2CNc2nc3ccccc3[nH]2)nc1. The van der Waals surface area contributed by atoms with E-state index in [2.05, 4.69) is 20.3 Å². The van der Waals surface area contributed by atoms with Crippen LogP contribution in [0.25, 0.3) is 11.0 Å². The summed E-state index contributed by atoms with van der Waals surface area (Å²) in [6, 6.07) is 21.4. The highest BCUT2D eigenvalue weighted by Crippen LogP contribution is 2.24. The molecule has 0 aliphatic heterocycles. The predicted molar refractivity (Wildman–Crippen MR) is 94.2 cm³/mol. The Labute approximate surface area is 139 Å². The molecule has 2 aromatic heterocycles. The van der Waals surface area contributed by atoms with E-state index in [0.717, 1.165) is 28.3 Å². The third-order valence-electron chi connectivity index (χ3n) is 3.66. The van der Waals surface area contributed by atoms with Crippen molar-refractivity contribution in [1.82, 2.24) is 15.0 Å². The third-order valence-corrected chi connectivity index (χ3v) is 3.66. The van der Waals surface area contributed by atoms with E-state index in [1.54, 1.807) is 6.20 Å². The van der Waals surface area contributed by atoms with Gasteiger partial charge in [-0.05, 0) is 24.3 Å². The molecule has 2 heterocycles. The van der Waals surface area contributed by atoms with Crippen molar-refractivity contribution in [3.05, 3.63) is 78.5 Å². The maximum Gasteiger partial charge on any atom is 0.219 e. The third kappa shape index (κ3) is 3.05. The Morgan fingerprint density at radius 2 is 1.75 bits per heavy atom. The van der Waals surface area contributed by atoms with Crippen LogP contribution in [0.2, 0.25) is 0 Å². The summed E-state index contributed by atoms with van der Waals surface area (Å²) >= 11 is 0. The van der Waals surface area contributed by atoms with Crippen LogP contribution in [0.1, 0.15) is 5.56 Å². The molecule has 5 nitrogen and oxygen atoms in total. The highest BCUT2D eigenvalue weighted by atomic mass is 16.5. The van der Waals surface area contributed by atoms with Crippen LogP contribution in [0.4, 0.5) is 5.95 Å². The van der Waals surface area contributed by atoms with Gasteiger partial charge in [-0.1, -0.05) is 36.4 Å². The van der Waals surface area contributed by atoms with Gasteiger partial charge < -0.3 is 15.0 Å². The highest BCUT2D eigenvalue weighted by molar-refractivity contribution is 5.77. The molecule has 0 fully saturated rings. The topological polar surface area (TPSA) is 62.8 Å². The molecule has 0 aliphatic rings. The summed E-state index contributed by atoms with van der Waals surface area (Å²) in [7, 11) is 0. The Kier molecular flexibility index (Phi) is 3.81. The average Bonchev–Trinajstić information content (AvgIpc) is 3.05. The van der Waals surface area contributed by atoms with Crippen molar-refractivity contribution in [3.8, 4) is 11.6 Å². The van der Waals surface area contributed by atoms with Crippen molar-refractivity contribution in [2.45, 2.75) is 6.54 Å². The minimum atomic E-state index is 0.577. The zero-order chi connectivity index (χ0) is 16.2. The number of nitrogens with zero attached hydrogens (tertiary/aromatic N) is 2. The maximum absolute atomic E-state index is 5.88. The molecule has 0 aliphatic carbocycles. The van der Waals surface area contributed by atoms with Crippen LogP contribution in [0.15, 0.2) is 72.9 Å². The van der Waals surface area contributed by atoms with Crippen molar-refractivity contribution in [1.29, 1.82) is 0 Å². The smallest absolute Gasteiger partial charge is 0.219 e. The molecule has 0 unspecified atom stereocenters. The van der Waals surface area contributed by atoms with Crippen molar-refractivity contribution < 1.29 is 4.74 Å². The van der Waals surface area contributed by atoms with Gasteiger partial charge in [0.1, 0.15) is 5.75 Å². The maximum atomic E-state index is 5.88. The molecule has 0 saturated heterocycles. The number of aromatic nitrogens is 3. The van der Waals surface area contributed by atoms with E-state index < -0.39 is 0 Å². The summed E-state index contributed by atoms with van der Waals surface area (Å²) in [5.41, 5.74) is 2.99. The Morgan fingerprint density at radius 3 is 2.62 bits per heavy atom. The van der Waals surface area contributed by atoms with Crippen LogP contribution in [0.5, 0.6) is 11.6 Å². The Balaban J connectivity index is 1.52. The Bertz CT molecular complexity index is 917. The van der Waals surface area contributed by atoms with E-state index in [0.29, 0.717) is 12.4 Å². The van der Waals surface area contributed by atoms with Crippen molar-refractivity contribution in [2.24, 2.45) is 0 Å². The first-order valence-corrected chi connectivity index (χ1v) is 7.74. The minimum absolute atomic E-state index is 0.577. The van der Waals surface area contributed by atoms with E-state index in [-0.39, 0.29) is 0 Å². The first-order valence-electron chi connectivity index (χ1n) is 7.74. The average molecular weight is 316 g/mol. The number of ether oxygens (including phenoxy) is 1. The number of imidazole rings is 1. The molecule has 5 heteroatoms. The molecule has 4 rings (SSSR count). The van der Waals surface area contributed by atoms with Crippen LogP contribution < -0.4 is 10.1 Å². The first kappa shape index (κ1) is 14.3. The summed E-state index contributed by atoms with van der Waals surface area (Å²) in [6.45, 7) is 0.600. The van der Waals surface area contributed by atoms with Crippen LogP contribution in [0.3, 0.4) is 0 Å². The number of aromatic amines is 1. The number of rotatable bonds is 5. The fourth-order valence-electron chi connectivity index (χ4n) is 2.49. The van der Waals surface area contributed by atoms with Gasteiger partial charge in [0.05, 0.1) is 11.0 Å². The van der Waals surface area contributed by atoms with Crippen molar-refractivity contribution >= 4 is 17.0 Å². The number of hydrogen-bond acceptors (Lipinski definition) is 4. The largest absolute Gasteiger partial charge is 0.439 e. The number of hydrogen-bond donors (Lipinski definition) is 2. The van der Waals surface area contributed by atoms with Gasteiger partial charge >= 0.3 is 0 Å². The van der Waals surface area contributed by atoms with E-state index in [9.17, 15) is 0 Å². The van der Waals surface area contributed by atoms with Gasteiger partial charge in [-0.25, -0.2) is 9.97 Å². The fourth-order valence-corrected chi connectivity index (χ4v) is 2.49. The van der Waals surface area contributed by atoms with E-state index in [1.807, 2.05) is 66.7 Å². The number of benzene rings is 2. The number of anilines is 1. The van der Waals surface area contributed by atoms with Gasteiger partial charge in [-0.15, -0.1) is 0 Å². The zero-order valence-corrected chi connectivity index (χ0v) is 12.9. The molecule has 118 valence electrons. The Morgan fingerprint density at radius 1 is 0.917 bits per heavy atom. The summed E-state index contributed by atoms with van der Waals surface area (Å²) in [4.78, 5) is 12.0. The zero-order valence-electron chi connectivity index (χ0n) is 12.9. The summed E-state index contributed by atoms with van der Waals surface area (Å²) in [5.74, 6) is 2.09. The van der Waals surface area contributed by atoms with E-state index >= 15 is 0 Å². The second-order valence-corrected chi connectivity index (χ2v) is 5.33. The number of nitrogens with one attached hydrogen (secondary N) is 2. The molecule has 24 heavy (non-hydrogen) atoms. The van der Waals surface area contributed by atoms with Gasteiger partial charge in [-0.3, -0.25) is 0 Å². The van der Waals surface area contributed by atoms with Crippen molar-refractivity contribution in [2.75, 3.05) is 5.32 Å². The first-order chi connectivity index (χ1) is 11.9. The summed E-state index contributed by atoms with van der Waals surface area (Å²) in [6.07, 6.45) is 1.71. The van der Waals surface area contributed by atoms with Gasteiger partial charge in [0.2, 0.25) is 11.8 Å². The Hall–Kier alpha value is -3.34. The van der Waals surface area contributed by atoms with Crippen LogP contribution in [-0.4, -0.2) is 15.0 Å². The lowest BCUT2D eigenvalue weighted by Gasteiger charge is -2.10. The molecule has 0 radical (unpaired) electrons. The van der Waals surface area contributed by atoms with Crippen LogP contribution in [-0.2, 0) is 6.54 Å². The predicted octanol–water partition coefficient (Wildman–Crippen LogP) is 4.36. The molecule has 0 amide bonds. The molecule has 2 N–H and O–H groups in total. The number of H-pyrrole nitrogens is 1. The lowest BCUT2D eigenvalue weighted by atomic mass is 10.2. The molecule has 0 saturated carbocycles. The molecule has 0 atom stereocenters. The number of para-hydroxylation sites is 3. The van der Waals surface area contributed by atoms with Crippen LogP contribution >= 0.6 is 0 Å². The number of fused-ring (bicyclic) bond motifs is 1. The fraction of sp³-hybridized carbons (Fsp3) is 0.0526. The number of pyridine rings is 1. The summed E-state index contributed by atoms with van der Waals surface area (Å²) < 4.78 is 5.88.